The van der Waals surface area contributed by atoms with Crippen molar-refractivity contribution in [3.8, 4) is 5.75 Å². The van der Waals surface area contributed by atoms with E-state index in [9.17, 15) is 21.6 Å². The fraction of sp³-hybridized carbons (Fsp3) is 0.458. The predicted molar refractivity (Wildman–Crippen MR) is 132 cm³/mol. The number of ether oxygens (including phenoxy) is 2. The minimum atomic E-state index is -3.63. The van der Waals surface area contributed by atoms with E-state index in [1.807, 2.05) is 0 Å². The number of hydrogen-bond acceptors (Lipinski definition) is 7. The maximum absolute atomic E-state index is 12.9. The lowest BCUT2D eigenvalue weighted by molar-refractivity contribution is -0.126. The zero-order valence-electron chi connectivity index (χ0n) is 19.9. The van der Waals surface area contributed by atoms with E-state index in [1.165, 1.54) is 20.7 Å². The monoisotopic (exact) mass is 537 g/mol. The molecule has 0 aliphatic carbocycles. The highest BCUT2D eigenvalue weighted by molar-refractivity contribution is 7.89. The van der Waals surface area contributed by atoms with Crippen LogP contribution in [0.1, 0.15) is 12.8 Å². The highest BCUT2D eigenvalue weighted by Gasteiger charge is 2.33. The SMILES string of the molecule is O=C(NCCOc1ccc(S(=O)(=O)N2CCOCC2)cc1)C1CCCN(S(=O)(=O)c2ccccc2)C1. The Balaban J connectivity index is 1.24. The van der Waals surface area contributed by atoms with Gasteiger partial charge >= 0.3 is 0 Å². The topological polar surface area (TPSA) is 122 Å². The van der Waals surface area contributed by atoms with Crippen molar-refractivity contribution in [1.29, 1.82) is 0 Å². The standard InChI is InChI=1S/C24H31N3O7S2/c28-24(20-5-4-13-27(19-20)36(31,32)22-6-2-1-3-7-22)25-12-16-34-21-8-10-23(11-9-21)35(29,30)26-14-17-33-18-15-26/h1-3,6-11,20H,4-5,12-19H2,(H,25,28). The first-order valence-electron chi connectivity index (χ1n) is 11.9. The summed E-state index contributed by atoms with van der Waals surface area (Å²) >= 11 is 0. The zero-order valence-corrected chi connectivity index (χ0v) is 21.5. The van der Waals surface area contributed by atoms with Gasteiger partial charge in [0.15, 0.2) is 0 Å². The zero-order chi connectivity index (χ0) is 25.6. The summed E-state index contributed by atoms with van der Waals surface area (Å²) in [7, 11) is -7.20. The van der Waals surface area contributed by atoms with Crippen LogP contribution in [-0.4, -0.2) is 83.9 Å². The van der Waals surface area contributed by atoms with E-state index in [4.69, 9.17) is 9.47 Å². The molecule has 36 heavy (non-hydrogen) atoms. The van der Waals surface area contributed by atoms with Crippen molar-refractivity contribution in [3.05, 3.63) is 54.6 Å². The fourth-order valence-electron chi connectivity index (χ4n) is 4.25. The van der Waals surface area contributed by atoms with Crippen LogP contribution in [-0.2, 0) is 29.6 Å². The molecule has 12 heteroatoms. The Hall–Kier alpha value is -2.51. The number of nitrogens with one attached hydrogen (secondary N) is 1. The van der Waals surface area contributed by atoms with E-state index in [2.05, 4.69) is 5.32 Å². The van der Waals surface area contributed by atoms with Crippen LogP contribution >= 0.6 is 0 Å². The number of hydrogen-bond donors (Lipinski definition) is 1. The quantitative estimate of drug-likeness (QED) is 0.479. The number of carbonyl (C=O) groups excluding carboxylic acids is 1. The van der Waals surface area contributed by atoms with Crippen molar-refractivity contribution >= 4 is 26.0 Å². The van der Waals surface area contributed by atoms with E-state index in [1.54, 1.807) is 42.5 Å². The van der Waals surface area contributed by atoms with E-state index < -0.39 is 26.0 Å². The van der Waals surface area contributed by atoms with Crippen molar-refractivity contribution in [2.45, 2.75) is 22.6 Å². The van der Waals surface area contributed by atoms with Crippen LogP contribution in [0, 0.1) is 5.92 Å². The Morgan fingerprint density at radius 2 is 1.53 bits per heavy atom. The number of sulfonamides is 2. The summed E-state index contributed by atoms with van der Waals surface area (Å²) in [5, 5.41) is 2.81. The third-order valence-electron chi connectivity index (χ3n) is 6.24. The lowest BCUT2D eigenvalue weighted by atomic mass is 9.99. The van der Waals surface area contributed by atoms with E-state index in [-0.39, 0.29) is 35.4 Å². The number of benzene rings is 2. The molecule has 10 nitrogen and oxygen atoms in total. The van der Waals surface area contributed by atoms with Gasteiger partial charge in [0, 0.05) is 26.2 Å². The smallest absolute Gasteiger partial charge is 0.243 e. The van der Waals surface area contributed by atoms with Crippen molar-refractivity contribution in [3.63, 3.8) is 0 Å². The maximum atomic E-state index is 12.9. The molecule has 1 atom stereocenters. The largest absolute Gasteiger partial charge is 0.492 e. The Kier molecular flexibility index (Phi) is 8.62. The normalized spacial score (nSPS) is 20.1. The average Bonchev–Trinajstić information content (AvgIpc) is 2.92. The molecular formula is C24H31N3O7S2. The summed E-state index contributed by atoms with van der Waals surface area (Å²) in [5.41, 5.74) is 0. The number of nitrogens with zero attached hydrogens (tertiary/aromatic N) is 2. The van der Waals surface area contributed by atoms with Crippen LogP contribution in [0.4, 0.5) is 0 Å². The van der Waals surface area contributed by atoms with Gasteiger partial charge in [-0.15, -0.1) is 0 Å². The molecule has 1 amide bonds. The minimum absolute atomic E-state index is 0.142. The second kappa shape index (κ2) is 11.7. The molecule has 4 rings (SSSR count). The van der Waals surface area contributed by atoms with Crippen molar-refractivity contribution in [2.75, 3.05) is 52.5 Å². The number of carbonyl (C=O) groups is 1. The van der Waals surface area contributed by atoms with Gasteiger partial charge in [0.1, 0.15) is 12.4 Å². The Bertz CT molecular complexity index is 1230. The summed E-state index contributed by atoms with van der Waals surface area (Å²) < 4.78 is 64.8. The molecule has 0 bridgehead atoms. The van der Waals surface area contributed by atoms with Crippen molar-refractivity contribution in [2.24, 2.45) is 5.92 Å². The highest BCUT2D eigenvalue weighted by atomic mass is 32.2. The molecule has 2 aliphatic heterocycles. The third kappa shape index (κ3) is 6.24. The van der Waals surface area contributed by atoms with Gasteiger partial charge in [-0.1, -0.05) is 18.2 Å². The molecule has 1 unspecified atom stereocenters. The molecule has 0 aromatic heterocycles. The van der Waals surface area contributed by atoms with Crippen LogP contribution in [0.5, 0.6) is 5.75 Å². The highest BCUT2D eigenvalue weighted by Crippen LogP contribution is 2.24. The molecule has 2 aromatic rings. The Labute approximate surface area is 212 Å². The molecule has 0 spiro atoms. The van der Waals surface area contributed by atoms with Gasteiger partial charge in [-0.2, -0.15) is 8.61 Å². The lowest BCUT2D eigenvalue weighted by Gasteiger charge is -2.31. The first-order valence-corrected chi connectivity index (χ1v) is 14.8. The molecule has 2 fully saturated rings. The van der Waals surface area contributed by atoms with Crippen LogP contribution in [0.2, 0.25) is 0 Å². The van der Waals surface area contributed by atoms with Crippen LogP contribution in [0.3, 0.4) is 0 Å². The van der Waals surface area contributed by atoms with Gasteiger partial charge < -0.3 is 14.8 Å². The second-order valence-corrected chi connectivity index (χ2v) is 12.5. The van der Waals surface area contributed by atoms with Crippen LogP contribution in [0.15, 0.2) is 64.4 Å². The molecular weight excluding hydrogens is 506 g/mol. The van der Waals surface area contributed by atoms with Gasteiger partial charge in [0.2, 0.25) is 26.0 Å². The molecule has 2 aromatic carbocycles. The maximum Gasteiger partial charge on any atom is 0.243 e. The first-order chi connectivity index (χ1) is 17.3. The average molecular weight is 538 g/mol. The van der Waals surface area contributed by atoms with Crippen molar-refractivity contribution in [1.82, 2.24) is 13.9 Å². The predicted octanol–water partition coefficient (Wildman–Crippen LogP) is 1.30. The molecule has 1 N–H and O–H groups in total. The van der Waals surface area contributed by atoms with E-state index in [0.717, 1.165) is 0 Å². The summed E-state index contributed by atoms with van der Waals surface area (Å²) in [4.78, 5) is 13.1. The van der Waals surface area contributed by atoms with Crippen molar-refractivity contribution < 1.29 is 31.1 Å². The molecule has 2 aliphatic rings. The molecule has 196 valence electrons. The molecule has 0 radical (unpaired) electrons. The van der Waals surface area contributed by atoms with Crippen LogP contribution < -0.4 is 10.1 Å². The third-order valence-corrected chi connectivity index (χ3v) is 10.0. The van der Waals surface area contributed by atoms with Gasteiger partial charge in [0.25, 0.3) is 0 Å². The van der Waals surface area contributed by atoms with Crippen LogP contribution in [0.25, 0.3) is 0 Å². The number of morpholine rings is 1. The second-order valence-electron chi connectivity index (χ2n) is 8.64. The lowest BCUT2D eigenvalue weighted by Crippen LogP contribution is -2.45. The number of rotatable bonds is 9. The fourth-order valence-corrected chi connectivity index (χ4v) is 7.20. The molecule has 2 saturated heterocycles. The van der Waals surface area contributed by atoms with E-state index in [0.29, 0.717) is 51.4 Å². The first kappa shape index (κ1) is 26.6. The molecule has 0 saturated carbocycles. The van der Waals surface area contributed by atoms with Gasteiger partial charge in [-0.25, -0.2) is 16.8 Å². The van der Waals surface area contributed by atoms with Gasteiger partial charge in [0.05, 0.1) is 35.5 Å². The van der Waals surface area contributed by atoms with Gasteiger partial charge in [-0.05, 0) is 49.2 Å². The number of amides is 1. The molecule has 2 heterocycles. The minimum Gasteiger partial charge on any atom is -0.492 e. The van der Waals surface area contributed by atoms with E-state index >= 15 is 0 Å². The summed E-state index contributed by atoms with van der Waals surface area (Å²) in [6.07, 6.45) is 1.23. The summed E-state index contributed by atoms with van der Waals surface area (Å²) in [5.74, 6) is -0.150. The van der Waals surface area contributed by atoms with Gasteiger partial charge in [-0.3, -0.25) is 4.79 Å². The Morgan fingerprint density at radius 1 is 0.889 bits per heavy atom. The number of piperidine rings is 1. The summed E-state index contributed by atoms with van der Waals surface area (Å²) in [6, 6.07) is 14.4. The Morgan fingerprint density at radius 3 is 2.22 bits per heavy atom. The summed E-state index contributed by atoms with van der Waals surface area (Å²) in [6.45, 7) is 2.40.